The number of carbonyl (C=O) groups excluding carboxylic acids is 1. The van der Waals surface area contributed by atoms with Gasteiger partial charge in [0.1, 0.15) is 12.2 Å². The SMILES string of the molecule is COc1ccc(C2OCCO2)cc1C(=O)CC(=O)O. The first-order valence-electron chi connectivity index (χ1n) is 5.78. The van der Waals surface area contributed by atoms with Crippen LogP contribution in [0.3, 0.4) is 0 Å². The van der Waals surface area contributed by atoms with Gasteiger partial charge >= 0.3 is 5.97 Å². The van der Waals surface area contributed by atoms with Gasteiger partial charge in [-0.3, -0.25) is 9.59 Å². The molecule has 6 nitrogen and oxygen atoms in total. The third-order valence-corrected chi connectivity index (χ3v) is 2.73. The quantitative estimate of drug-likeness (QED) is 0.640. The van der Waals surface area contributed by atoms with E-state index in [4.69, 9.17) is 19.3 Å². The van der Waals surface area contributed by atoms with Gasteiger partial charge in [-0.1, -0.05) is 6.07 Å². The summed E-state index contributed by atoms with van der Waals surface area (Å²) in [7, 11) is 1.43. The molecule has 0 saturated carbocycles. The number of ketones is 1. The zero-order chi connectivity index (χ0) is 13.8. The molecule has 0 amide bonds. The Labute approximate surface area is 109 Å². The molecule has 19 heavy (non-hydrogen) atoms. The van der Waals surface area contributed by atoms with Crippen LogP contribution in [0, 0.1) is 0 Å². The van der Waals surface area contributed by atoms with Crippen LogP contribution in [0.5, 0.6) is 5.75 Å². The number of carbonyl (C=O) groups is 2. The molecule has 6 heteroatoms. The minimum atomic E-state index is -1.18. The van der Waals surface area contributed by atoms with Crippen LogP contribution in [0.25, 0.3) is 0 Å². The molecule has 0 radical (unpaired) electrons. The Morgan fingerprint density at radius 1 is 1.37 bits per heavy atom. The number of benzene rings is 1. The normalized spacial score (nSPS) is 15.4. The third-order valence-electron chi connectivity index (χ3n) is 2.73. The Hall–Kier alpha value is -1.92. The first kappa shape index (κ1) is 13.5. The van der Waals surface area contributed by atoms with Crippen LogP contribution in [0.1, 0.15) is 28.6 Å². The van der Waals surface area contributed by atoms with Crippen LogP contribution in [-0.2, 0) is 14.3 Å². The largest absolute Gasteiger partial charge is 0.496 e. The Kier molecular flexibility index (Phi) is 4.13. The van der Waals surface area contributed by atoms with E-state index in [0.717, 1.165) is 0 Å². The number of aliphatic carboxylic acids is 1. The predicted octanol–water partition coefficient (Wildman–Crippen LogP) is 1.40. The van der Waals surface area contributed by atoms with Crippen molar-refractivity contribution >= 4 is 11.8 Å². The highest BCUT2D eigenvalue weighted by atomic mass is 16.7. The van der Waals surface area contributed by atoms with Crippen LogP contribution in [0.15, 0.2) is 18.2 Å². The predicted molar refractivity (Wildman–Crippen MR) is 64.2 cm³/mol. The molecule has 0 atom stereocenters. The van der Waals surface area contributed by atoms with Crippen molar-refractivity contribution in [3.8, 4) is 5.75 Å². The molecule has 1 aromatic carbocycles. The van der Waals surface area contributed by atoms with E-state index >= 15 is 0 Å². The molecule has 1 fully saturated rings. The van der Waals surface area contributed by atoms with Gasteiger partial charge in [0.2, 0.25) is 0 Å². The minimum absolute atomic E-state index is 0.224. The molecule has 1 aliphatic heterocycles. The van der Waals surface area contributed by atoms with Crippen molar-refractivity contribution < 1.29 is 28.9 Å². The van der Waals surface area contributed by atoms with Gasteiger partial charge in [0.05, 0.1) is 25.9 Å². The number of ether oxygens (including phenoxy) is 3. The van der Waals surface area contributed by atoms with Gasteiger partial charge in [-0.25, -0.2) is 0 Å². The number of carboxylic acid groups (broad SMARTS) is 1. The lowest BCUT2D eigenvalue weighted by molar-refractivity contribution is -0.135. The zero-order valence-electron chi connectivity index (χ0n) is 10.4. The Balaban J connectivity index is 2.30. The molecule has 0 spiro atoms. The molecule has 2 rings (SSSR count). The highest BCUT2D eigenvalue weighted by molar-refractivity contribution is 6.07. The fourth-order valence-electron chi connectivity index (χ4n) is 1.87. The van der Waals surface area contributed by atoms with E-state index in [9.17, 15) is 9.59 Å². The summed E-state index contributed by atoms with van der Waals surface area (Å²) in [5.74, 6) is -1.34. The number of hydrogen-bond donors (Lipinski definition) is 1. The van der Waals surface area contributed by atoms with Gasteiger partial charge in [0.25, 0.3) is 0 Å². The van der Waals surface area contributed by atoms with E-state index in [0.29, 0.717) is 24.5 Å². The van der Waals surface area contributed by atoms with Crippen LogP contribution < -0.4 is 4.74 Å². The fraction of sp³-hybridized carbons (Fsp3) is 0.385. The Morgan fingerprint density at radius 3 is 2.63 bits per heavy atom. The number of carboxylic acids is 1. The van der Waals surface area contributed by atoms with E-state index in [1.165, 1.54) is 7.11 Å². The van der Waals surface area contributed by atoms with Crippen molar-refractivity contribution in [1.29, 1.82) is 0 Å². The summed E-state index contributed by atoms with van der Waals surface area (Å²) in [6.45, 7) is 0.990. The summed E-state index contributed by atoms with van der Waals surface area (Å²) >= 11 is 0. The standard InChI is InChI=1S/C13H14O6/c1-17-11-3-2-8(13-18-4-5-19-13)6-9(11)10(14)7-12(15)16/h2-3,6,13H,4-5,7H2,1H3,(H,15,16). The molecule has 1 heterocycles. The Morgan fingerprint density at radius 2 is 2.05 bits per heavy atom. The van der Waals surface area contributed by atoms with Gasteiger partial charge < -0.3 is 19.3 Å². The smallest absolute Gasteiger partial charge is 0.311 e. The molecule has 0 aromatic heterocycles. The van der Waals surface area contributed by atoms with E-state index < -0.39 is 24.5 Å². The molecular weight excluding hydrogens is 252 g/mol. The molecule has 0 bridgehead atoms. The Bertz CT molecular complexity index is 490. The summed E-state index contributed by atoms with van der Waals surface area (Å²) in [6, 6.07) is 4.89. The van der Waals surface area contributed by atoms with Crippen LogP contribution in [0.4, 0.5) is 0 Å². The second kappa shape index (κ2) is 5.81. The molecule has 102 valence electrons. The van der Waals surface area contributed by atoms with Crippen molar-refractivity contribution in [1.82, 2.24) is 0 Å². The number of rotatable bonds is 5. The molecule has 1 aromatic rings. The summed E-state index contributed by atoms with van der Waals surface area (Å²) in [5, 5.41) is 8.68. The molecule has 0 aliphatic carbocycles. The second-order valence-corrected chi connectivity index (χ2v) is 4.03. The lowest BCUT2D eigenvalue weighted by Crippen LogP contribution is -2.10. The van der Waals surface area contributed by atoms with Gasteiger partial charge in [0, 0.05) is 5.56 Å². The van der Waals surface area contributed by atoms with Crippen LogP contribution >= 0.6 is 0 Å². The van der Waals surface area contributed by atoms with Crippen molar-refractivity contribution in [2.45, 2.75) is 12.7 Å². The monoisotopic (exact) mass is 266 g/mol. The highest BCUT2D eigenvalue weighted by Gasteiger charge is 2.22. The van der Waals surface area contributed by atoms with Crippen LogP contribution in [-0.4, -0.2) is 37.2 Å². The van der Waals surface area contributed by atoms with Crippen molar-refractivity contribution in [2.75, 3.05) is 20.3 Å². The van der Waals surface area contributed by atoms with Crippen LogP contribution in [0.2, 0.25) is 0 Å². The minimum Gasteiger partial charge on any atom is -0.496 e. The summed E-state index contributed by atoms with van der Waals surface area (Å²) in [4.78, 5) is 22.5. The first-order chi connectivity index (χ1) is 9.11. The lowest BCUT2D eigenvalue weighted by Gasteiger charge is -2.13. The maximum atomic E-state index is 11.9. The fourth-order valence-corrected chi connectivity index (χ4v) is 1.87. The van der Waals surface area contributed by atoms with Gasteiger partial charge in [-0.2, -0.15) is 0 Å². The third kappa shape index (κ3) is 3.10. The van der Waals surface area contributed by atoms with Crippen molar-refractivity contribution in [3.63, 3.8) is 0 Å². The lowest BCUT2D eigenvalue weighted by atomic mass is 10.0. The van der Waals surface area contributed by atoms with Gasteiger partial charge in [-0.05, 0) is 12.1 Å². The summed E-state index contributed by atoms with van der Waals surface area (Å²) in [6.07, 6.45) is -1.09. The molecule has 0 unspecified atom stereocenters. The number of Topliss-reactive ketones (excluding diaryl/α,β-unsaturated/α-hetero) is 1. The number of hydrogen-bond acceptors (Lipinski definition) is 5. The second-order valence-electron chi connectivity index (χ2n) is 4.03. The first-order valence-corrected chi connectivity index (χ1v) is 5.78. The molecule has 1 saturated heterocycles. The molecular formula is C13H14O6. The van der Waals surface area contributed by atoms with Gasteiger partial charge in [0.15, 0.2) is 12.1 Å². The topological polar surface area (TPSA) is 82.1 Å². The van der Waals surface area contributed by atoms with Crippen molar-refractivity contribution in [2.24, 2.45) is 0 Å². The van der Waals surface area contributed by atoms with E-state index in [1.54, 1.807) is 18.2 Å². The zero-order valence-corrected chi connectivity index (χ0v) is 10.4. The maximum absolute atomic E-state index is 11.9. The van der Waals surface area contributed by atoms with Gasteiger partial charge in [-0.15, -0.1) is 0 Å². The maximum Gasteiger partial charge on any atom is 0.311 e. The number of methoxy groups -OCH3 is 1. The summed E-state index contributed by atoms with van der Waals surface area (Å²) in [5.41, 5.74) is 0.897. The summed E-state index contributed by atoms with van der Waals surface area (Å²) < 4.78 is 15.7. The molecule has 1 aliphatic rings. The highest BCUT2D eigenvalue weighted by Crippen LogP contribution is 2.28. The van der Waals surface area contributed by atoms with Crippen molar-refractivity contribution in [3.05, 3.63) is 29.3 Å². The average molecular weight is 266 g/mol. The van der Waals surface area contributed by atoms with E-state index in [-0.39, 0.29) is 5.56 Å². The van der Waals surface area contributed by atoms with E-state index in [1.807, 2.05) is 0 Å². The van der Waals surface area contributed by atoms with E-state index in [2.05, 4.69) is 0 Å². The average Bonchev–Trinajstić information content (AvgIpc) is 2.91. The molecule has 1 N–H and O–H groups in total.